The van der Waals surface area contributed by atoms with Crippen LogP contribution in [0.15, 0.2) is 59.3 Å². The molecule has 3 heterocycles. The fourth-order valence-corrected chi connectivity index (χ4v) is 6.00. The summed E-state index contributed by atoms with van der Waals surface area (Å²) in [4.78, 5) is 45.0. The average Bonchev–Trinajstić information content (AvgIpc) is 3.47. The highest BCUT2D eigenvalue weighted by molar-refractivity contribution is 7.90. The van der Waals surface area contributed by atoms with Crippen LogP contribution in [0.25, 0.3) is 11.5 Å². The van der Waals surface area contributed by atoms with Crippen molar-refractivity contribution in [2.45, 2.75) is 31.6 Å². The molecule has 0 saturated carbocycles. The van der Waals surface area contributed by atoms with Crippen LogP contribution in [-0.2, 0) is 29.9 Å². The van der Waals surface area contributed by atoms with E-state index in [-0.39, 0.29) is 36.3 Å². The number of carbonyl (C=O) groups excluding carboxylic acids is 3. The van der Waals surface area contributed by atoms with Crippen molar-refractivity contribution >= 4 is 27.4 Å². The average molecular weight is 570 g/mol. The predicted molar refractivity (Wildman–Crippen MR) is 144 cm³/mol. The van der Waals surface area contributed by atoms with E-state index in [1.54, 1.807) is 66.7 Å². The van der Waals surface area contributed by atoms with Gasteiger partial charge in [-0.05, 0) is 24.1 Å². The first kappa shape index (κ1) is 29.0. The zero-order valence-corrected chi connectivity index (χ0v) is 22.9. The Morgan fingerprint density at radius 3 is 2.40 bits per heavy atom. The SMILES string of the molecule is CC[C@H](NC(=O)C(CC(=O)N1CCOCC1)CS(=O)(=O)Cc1ccccc1)C(=O)c1nnc(-c2ccncc2)o1. The zero-order valence-electron chi connectivity index (χ0n) is 22.1. The molecule has 3 aromatic rings. The van der Waals surface area contributed by atoms with Crippen LogP contribution in [0.3, 0.4) is 0 Å². The molecule has 1 fully saturated rings. The minimum atomic E-state index is -3.78. The Morgan fingerprint density at radius 1 is 1.02 bits per heavy atom. The van der Waals surface area contributed by atoms with Gasteiger partial charge in [-0.25, -0.2) is 8.42 Å². The minimum absolute atomic E-state index is 0.118. The molecule has 1 aliphatic rings. The summed E-state index contributed by atoms with van der Waals surface area (Å²) < 4.78 is 37.0. The number of rotatable bonds is 12. The van der Waals surface area contributed by atoms with E-state index in [2.05, 4.69) is 20.5 Å². The maximum atomic E-state index is 13.4. The number of carbonyl (C=O) groups is 3. The highest BCUT2D eigenvalue weighted by atomic mass is 32.2. The molecule has 4 rings (SSSR count). The van der Waals surface area contributed by atoms with Crippen molar-refractivity contribution in [1.82, 2.24) is 25.4 Å². The van der Waals surface area contributed by atoms with Gasteiger partial charge in [-0.3, -0.25) is 19.4 Å². The second kappa shape index (κ2) is 13.4. The molecule has 0 spiro atoms. The molecule has 212 valence electrons. The van der Waals surface area contributed by atoms with E-state index in [4.69, 9.17) is 9.15 Å². The summed E-state index contributed by atoms with van der Waals surface area (Å²) >= 11 is 0. The number of benzene rings is 1. The molecule has 2 amide bonds. The van der Waals surface area contributed by atoms with E-state index >= 15 is 0 Å². The van der Waals surface area contributed by atoms with Gasteiger partial charge in [0.1, 0.15) is 0 Å². The van der Waals surface area contributed by atoms with Crippen LogP contribution in [0.1, 0.15) is 36.0 Å². The van der Waals surface area contributed by atoms with Gasteiger partial charge >= 0.3 is 0 Å². The molecule has 0 radical (unpaired) electrons. The van der Waals surface area contributed by atoms with Gasteiger partial charge in [0.15, 0.2) is 9.84 Å². The molecule has 40 heavy (non-hydrogen) atoms. The summed E-state index contributed by atoms with van der Waals surface area (Å²) in [7, 11) is -3.78. The molecule has 0 bridgehead atoms. The van der Waals surface area contributed by atoms with Crippen LogP contribution in [0.5, 0.6) is 0 Å². The van der Waals surface area contributed by atoms with Crippen LogP contribution in [-0.4, -0.2) is 84.2 Å². The lowest BCUT2D eigenvalue weighted by atomic mass is 10.0. The zero-order chi connectivity index (χ0) is 28.5. The van der Waals surface area contributed by atoms with E-state index in [9.17, 15) is 22.8 Å². The van der Waals surface area contributed by atoms with Crippen molar-refractivity contribution < 1.29 is 32.0 Å². The molecule has 12 nitrogen and oxygen atoms in total. The van der Waals surface area contributed by atoms with E-state index in [0.29, 0.717) is 37.4 Å². The molecule has 1 saturated heterocycles. The second-order valence-corrected chi connectivity index (χ2v) is 11.5. The molecule has 13 heteroatoms. The Hall–Kier alpha value is -3.97. The number of amides is 2. The molecule has 1 N–H and O–H groups in total. The van der Waals surface area contributed by atoms with Crippen LogP contribution in [0.2, 0.25) is 0 Å². The lowest BCUT2D eigenvalue weighted by molar-refractivity contribution is -0.139. The molecular weight excluding hydrogens is 538 g/mol. The van der Waals surface area contributed by atoms with Gasteiger partial charge in [-0.15, -0.1) is 10.2 Å². The van der Waals surface area contributed by atoms with Crippen molar-refractivity contribution in [2.24, 2.45) is 5.92 Å². The molecule has 0 aliphatic carbocycles. The van der Waals surface area contributed by atoms with E-state index < -0.39 is 39.2 Å². The Bertz CT molecular complexity index is 1410. The molecule has 1 aliphatic heterocycles. The Balaban J connectivity index is 1.49. The number of morpholine rings is 1. The lowest BCUT2D eigenvalue weighted by Gasteiger charge is -2.28. The molecule has 1 unspecified atom stereocenters. The molecular formula is C27H31N5O7S. The number of sulfone groups is 1. The molecule has 1 aromatic carbocycles. The highest BCUT2D eigenvalue weighted by Crippen LogP contribution is 2.19. The maximum Gasteiger partial charge on any atom is 0.286 e. The van der Waals surface area contributed by atoms with Crippen LogP contribution in [0, 0.1) is 5.92 Å². The fourth-order valence-electron chi connectivity index (χ4n) is 4.30. The lowest BCUT2D eigenvalue weighted by Crippen LogP contribution is -2.47. The summed E-state index contributed by atoms with van der Waals surface area (Å²) in [6, 6.07) is 10.8. The predicted octanol–water partition coefficient (Wildman–Crippen LogP) is 1.69. The van der Waals surface area contributed by atoms with Crippen molar-refractivity contribution in [3.63, 3.8) is 0 Å². The number of pyridine rings is 1. The van der Waals surface area contributed by atoms with Gasteiger partial charge < -0.3 is 19.4 Å². The summed E-state index contributed by atoms with van der Waals surface area (Å²) in [6.07, 6.45) is 2.94. The normalized spacial score (nSPS) is 15.3. The Morgan fingerprint density at radius 2 is 1.73 bits per heavy atom. The third kappa shape index (κ3) is 7.79. The minimum Gasteiger partial charge on any atom is -0.414 e. The standard InChI is InChI=1S/C27H31N5O7S/c1-2-22(24(34)27-31-30-26(39-27)20-8-10-28-11-9-20)29-25(35)21(16-23(33)32-12-14-38-15-13-32)18-40(36,37)17-19-6-4-3-5-7-19/h3-11,21-22H,2,12-18H2,1H3,(H,29,35)/t21?,22-/m0/s1. The number of ketones is 1. The van der Waals surface area contributed by atoms with E-state index in [1.807, 2.05) is 0 Å². The van der Waals surface area contributed by atoms with Crippen LogP contribution >= 0.6 is 0 Å². The summed E-state index contributed by atoms with van der Waals surface area (Å²) in [5, 5.41) is 10.3. The first-order chi connectivity index (χ1) is 19.3. The van der Waals surface area contributed by atoms with Gasteiger partial charge in [-0.1, -0.05) is 37.3 Å². The number of Topliss-reactive ketones (excluding diaryl/α,β-unsaturated/α-hetero) is 1. The Kier molecular flexibility index (Phi) is 9.72. The second-order valence-electron chi connectivity index (χ2n) is 9.42. The summed E-state index contributed by atoms with van der Waals surface area (Å²) in [5.74, 6) is -3.90. The fraction of sp³-hybridized carbons (Fsp3) is 0.407. The molecule has 2 atom stereocenters. The quantitative estimate of drug-likeness (QED) is 0.318. The topological polar surface area (TPSA) is 162 Å². The van der Waals surface area contributed by atoms with Crippen molar-refractivity contribution in [3.8, 4) is 11.5 Å². The smallest absolute Gasteiger partial charge is 0.286 e. The molecule has 2 aromatic heterocycles. The van der Waals surface area contributed by atoms with E-state index in [1.165, 1.54) is 0 Å². The first-order valence-electron chi connectivity index (χ1n) is 12.9. The van der Waals surface area contributed by atoms with Gasteiger partial charge in [-0.2, -0.15) is 0 Å². The van der Waals surface area contributed by atoms with E-state index in [0.717, 1.165) is 0 Å². The van der Waals surface area contributed by atoms with Gasteiger partial charge in [0, 0.05) is 37.5 Å². The first-order valence-corrected chi connectivity index (χ1v) is 14.8. The summed E-state index contributed by atoms with van der Waals surface area (Å²) in [6.45, 7) is 3.14. The maximum absolute atomic E-state index is 13.4. The number of aromatic nitrogens is 3. The van der Waals surface area contributed by atoms with Crippen LogP contribution in [0.4, 0.5) is 0 Å². The number of hydrogen-bond acceptors (Lipinski definition) is 10. The van der Waals surface area contributed by atoms with Crippen molar-refractivity contribution in [3.05, 3.63) is 66.3 Å². The number of nitrogens with zero attached hydrogens (tertiary/aromatic N) is 4. The third-order valence-electron chi connectivity index (χ3n) is 6.44. The monoisotopic (exact) mass is 569 g/mol. The summed E-state index contributed by atoms with van der Waals surface area (Å²) in [5.41, 5.74) is 1.15. The van der Waals surface area contributed by atoms with Gasteiger partial charge in [0.05, 0.1) is 36.7 Å². The largest absolute Gasteiger partial charge is 0.414 e. The van der Waals surface area contributed by atoms with Crippen molar-refractivity contribution in [1.29, 1.82) is 0 Å². The van der Waals surface area contributed by atoms with Gasteiger partial charge in [0.2, 0.25) is 23.5 Å². The van der Waals surface area contributed by atoms with Crippen molar-refractivity contribution in [2.75, 3.05) is 32.1 Å². The van der Waals surface area contributed by atoms with Gasteiger partial charge in [0.25, 0.3) is 5.89 Å². The highest BCUT2D eigenvalue weighted by Gasteiger charge is 2.33. The third-order valence-corrected chi connectivity index (χ3v) is 8.13. The number of hydrogen-bond donors (Lipinski definition) is 1. The number of nitrogens with one attached hydrogen (secondary N) is 1. The number of ether oxygens (including phenoxy) is 1. The Labute approximate surface area is 232 Å². The van der Waals surface area contributed by atoms with Crippen LogP contribution < -0.4 is 5.32 Å².